The number of carbonyl (C=O) groups is 2. The summed E-state index contributed by atoms with van der Waals surface area (Å²) < 4.78 is 0. The Morgan fingerprint density at radius 3 is 2.39 bits per heavy atom. The second kappa shape index (κ2) is 13.0. The third-order valence-corrected chi connectivity index (χ3v) is 6.68. The van der Waals surface area contributed by atoms with Gasteiger partial charge in [-0.1, -0.05) is 72.4 Å². The summed E-state index contributed by atoms with van der Waals surface area (Å²) in [5.74, 6) is 0.726. The molecule has 0 radical (unpaired) electrons. The van der Waals surface area contributed by atoms with Crippen LogP contribution >= 0.6 is 35.0 Å². The maximum atomic E-state index is 13.1. The average molecular weight is 481 g/mol. The minimum Gasteiger partial charge on any atom is -0.354 e. The van der Waals surface area contributed by atoms with Crippen molar-refractivity contribution in [3.05, 3.63) is 69.2 Å². The first-order valence-corrected chi connectivity index (χ1v) is 12.4. The van der Waals surface area contributed by atoms with Crippen LogP contribution in [-0.4, -0.2) is 35.1 Å². The zero-order valence-corrected chi connectivity index (χ0v) is 20.6. The van der Waals surface area contributed by atoms with Crippen LogP contribution in [0.4, 0.5) is 0 Å². The fraction of sp³-hybridized carbons (Fsp3) is 0.417. The molecule has 4 nitrogen and oxygen atoms in total. The molecule has 168 valence electrons. The average Bonchev–Trinajstić information content (AvgIpc) is 2.75. The Labute approximate surface area is 199 Å². The van der Waals surface area contributed by atoms with Gasteiger partial charge in [-0.05, 0) is 43.5 Å². The molecule has 0 aromatic heterocycles. The van der Waals surface area contributed by atoms with Gasteiger partial charge in [0.1, 0.15) is 6.04 Å². The molecule has 2 rings (SSSR count). The van der Waals surface area contributed by atoms with Crippen LogP contribution in [0, 0.1) is 6.92 Å². The number of unbranched alkanes of at least 4 members (excludes halogenated alkanes) is 1. The van der Waals surface area contributed by atoms with Crippen molar-refractivity contribution in [2.45, 2.75) is 52.0 Å². The molecule has 0 saturated heterocycles. The first-order valence-electron chi connectivity index (χ1n) is 10.5. The highest BCUT2D eigenvalue weighted by Gasteiger charge is 2.25. The molecular weight excluding hydrogens is 451 g/mol. The quantitative estimate of drug-likeness (QED) is 0.409. The lowest BCUT2D eigenvalue weighted by Gasteiger charge is -2.29. The van der Waals surface area contributed by atoms with Crippen molar-refractivity contribution in [1.29, 1.82) is 0 Å². The lowest BCUT2D eigenvalue weighted by atomic mass is 10.1. The van der Waals surface area contributed by atoms with E-state index in [1.165, 1.54) is 11.8 Å². The Hall–Kier alpha value is -1.69. The fourth-order valence-corrected chi connectivity index (χ4v) is 4.16. The molecule has 1 N–H and O–H groups in total. The lowest BCUT2D eigenvalue weighted by molar-refractivity contribution is -0.138. The number of carbonyl (C=O) groups excluding carboxylic acids is 2. The van der Waals surface area contributed by atoms with Crippen LogP contribution in [0.3, 0.4) is 0 Å². The number of nitrogens with one attached hydrogen (secondary N) is 1. The van der Waals surface area contributed by atoms with Crippen LogP contribution in [0.25, 0.3) is 0 Å². The third kappa shape index (κ3) is 8.40. The summed E-state index contributed by atoms with van der Waals surface area (Å²) in [4.78, 5) is 27.4. The number of hydrogen-bond acceptors (Lipinski definition) is 3. The summed E-state index contributed by atoms with van der Waals surface area (Å²) >= 11 is 13.5. The molecule has 31 heavy (non-hydrogen) atoms. The summed E-state index contributed by atoms with van der Waals surface area (Å²) in [5.41, 5.74) is 3.16. The van der Waals surface area contributed by atoms with Crippen molar-refractivity contribution in [2.75, 3.05) is 12.3 Å². The molecule has 0 unspecified atom stereocenters. The summed E-state index contributed by atoms with van der Waals surface area (Å²) in [6.45, 7) is 6.91. The van der Waals surface area contributed by atoms with Gasteiger partial charge in [0, 0.05) is 18.8 Å². The molecular formula is C24H30Cl2N2O2S. The molecule has 0 aliphatic carbocycles. The highest BCUT2D eigenvalue weighted by atomic mass is 35.5. The Bertz CT molecular complexity index is 874. The van der Waals surface area contributed by atoms with E-state index in [2.05, 4.69) is 12.2 Å². The third-order valence-electron chi connectivity index (χ3n) is 4.95. The van der Waals surface area contributed by atoms with Crippen molar-refractivity contribution < 1.29 is 9.59 Å². The molecule has 0 bridgehead atoms. The van der Waals surface area contributed by atoms with Crippen LogP contribution in [-0.2, 0) is 21.9 Å². The van der Waals surface area contributed by atoms with Gasteiger partial charge in [-0.3, -0.25) is 9.59 Å². The van der Waals surface area contributed by atoms with Crippen molar-refractivity contribution >= 4 is 46.8 Å². The van der Waals surface area contributed by atoms with E-state index in [0.29, 0.717) is 28.9 Å². The van der Waals surface area contributed by atoms with Crippen LogP contribution < -0.4 is 5.32 Å². The zero-order chi connectivity index (χ0) is 22.8. The summed E-state index contributed by atoms with van der Waals surface area (Å²) in [5, 5.41) is 3.96. The van der Waals surface area contributed by atoms with Gasteiger partial charge in [-0.2, -0.15) is 0 Å². The molecule has 2 amide bonds. The van der Waals surface area contributed by atoms with Crippen LogP contribution in [0.1, 0.15) is 43.4 Å². The van der Waals surface area contributed by atoms with Gasteiger partial charge >= 0.3 is 0 Å². The second-order valence-electron chi connectivity index (χ2n) is 7.57. The van der Waals surface area contributed by atoms with E-state index >= 15 is 0 Å². The van der Waals surface area contributed by atoms with E-state index in [1.807, 2.05) is 43.3 Å². The van der Waals surface area contributed by atoms with Crippen LogP contribution in [0.15, 0.2) is 42.5 Å². The van der Waals surface area contributed by atoms with Gasteiger partial charge < -0.3 is 10.2 Å². The smallest absolute Gasteiger partial charge is 0.242 e. The Kier molecular flexibility index (Phi) is 10.7. The predicted octanol–water partition coefficient (Wildman–Crippen LogP) is 5.87. The maximum Gasteiger partial charge on any atom is 0.242 e. The zero-order valence-electron chi connectivity index (χ0n) is 18.3. The number of aryl methyl sites for hydroxylation is 1. The standard InChI is InChI=1S/C24H30Cl2N2O2S/c1-4-5-12-27-24(30)18(3)28(14-19-8-6-17(2)7-9-19)23(29)16-31-15-20-10-11-21(25)22(26)13-20/h6-11,13,18H,4-5,12,14-16H2,1-3H3,(H,27,30)/t18-/m0/s1. The van der Waals surface area contributed by atoms with Gasteiger partial charge in [0.05, 0.1) is 15.8 Å². The monoisotopic (exact) mass is 480 g/mol. The van der Waals surface area contributed by atoms with Crippen molar-refractivity contribution in [3.63, 3.8) is 0 Å². The number of rotatable bonds is 11. The number of thioether (sulfide) groups is 1. The molecule has 0 saturated carbocycles. The molecule has 0 heterocycles. The Morgan fingerprint density at radius 2 is 1.74 bits per heavy atom. The Balaban J connectivity index is 2.04. The molecule has 7 heteroatoms. The number of nitrogens with zero attached hydrogens (tertiary/aromatic N) is 1. The van der Waals surface area contributed by atoms with Crippen LogP contribution in [0.5, 0.6) is 0 Å². The van der Waals surface area contributed by atoms with Gasteiger partial charge in [-0.25, -0.2) is 0 Å². The molecule has 0 aliphatic rings. The topological polar surface area (TPSA) is 49.4 Å². The minimum absolute atomic E-state index is 0.0659. The van der Waals surface area contributed by atoms with Crippen molar-refractivity contribution in [1.82, 2.24) is 10.2 Å². The Morgan fingerprint density at radius 1 is 1.06 bits per heavy atom. The lowest BCUT2D eigenvalue weighted by Crippen LogP contribution is -2.48. The van der Waals surface area contributed by atoms with E-state index in [9.17, 15) is 9.59 Å². The minimum atomic E-state index is -0.545. The highest BCUT2D eigenvalue weighted by molar-refractivity contribution is 7.99. The SMILES string of the molecule is CCCCNC(=O)[C@H](C)N(Cc1ccc(C)cc1)C(=O)CSCc1ccc(Cl)c(Cl)c1. The van der Waals surface area contributed by atoms with E-state index in [4.69, 9.17) is 23.2 Å². The maximum absolute atomic E-state index is 13.1. The summed E-state index contributed by atoms with van der Waals surface area (Å²) in [6, 6.07) is 13.0. The van der Waals surface area contributed by atoms with E-state index in [-0.39, 0.29) is 17.6 Å². The molecule has 0 fully saturated rings. The largest absolute Gasteiger partial charge is 0.354 e. The number of amides is 2. The van der Waals surface area contributed by atoms with Gasteiger partial charge in [0.2, 0.25) is 11.8 Å². The van der Waals surface area contributed by atoms with E-state index in [1.54, 1.807) is 17.9 Å². The number of benzene rings is 2. The fourth-order valence-electron chi connectivity index (χ4n) is 2.98. The first-order chi connectivity index (χ1) is 14.8. The van der Waals surface area contributed by atoms with Crippen molar-refractivity contribution in [2.24, 2.45) is 0 Å². The highest BCUT2D eigenvalue weighted by Crippen LogP contribution is 2.25. The molecule has 2 aromatic rings. The number of hydrogen-bond donors (Lipinski definition) is 1. The van der Waals surface area contributed by atoms with Crippen molar-refractivity contribution in [3.8, 4) is 0 Å². The van der Waals surface area contributed by atoms with Gasteiger partial charge in [0.15, 0.2) is 0 Å². The molecule has 0 aliphatic heterocycles. The van der Waals surface area contributed by atoms with Gasteiger partial charge in [0.25, 0.3) is 0 Å². The van der Waals surface area contributed by atoms with Gasteiger partial charge in [-0.15, -0.1) is 11.8 Å². The predicted molar refractivity (Wildman–Crippen MR) is 132 cm³/mol. The summed E-state index contributed by atoms with van der Waals surface area (Å²) in [6.07, 6.45) is 1.93. The van der Waals surface area contributed by atoms with Crippen LogP contribution in [0.2, 0.25) is 10.0 Å². The molecule has 2 aromatic carbocycles. The molecule has 0 spiro atoms. The van der Waals surface area contributed by atoms with E-state index in [0.717, 1.165) is 29.5 Å². The first kappa shape index (κ1) is 25.6. The van der Waals surface area contributed by atoms with E-state index < -0.39 is 6.04 Å². The molecule has 1 atom stereocenters. The second-order valence-corrected chi connectivity index (χ2v) is 9.37. The normalized spacial score (nSPS) is 11.8. The summed E-state index contributed by atoms with van der Waals surface area (Å²) in [7, 11) is 0. The number of halogens is 2.